The van der Waals surface area contributed by atoms with Crippen LogP contribution in [0.15, 0.2) is 35.4 Å². The zero-order valence-corrected chi connectivity index (χ0v) is 17.7. The Kier molecular flexibility index (Phi) is 5.73. The third kappa shape index (κ3) is 3.95. The molecule has 0 unspecified atom stereocenters. The van der Waals surface area contributed by atoms with Crippen molar-refractivity contribution in [1.82, 2.24) is 19.5 Å². The SMILES string of the molecule is COc1ccccc1-c1c(C)nn2c(SCC(=O)N3CCOCC3)cc(C)nc12. The van der Waals surface area contributed by atoms with Crippen LogP contribution in [0.25, 0.3) is 16.8 Å². The van der Waals surface area contributed by atoms with E-state index in [9.17, 15) is 4.79 Å². The smallest absolute Gasteiger partial charge is 0.233 e. The number of thioether (sulfide) groups is 1. The van der Waals surface area contributed by atoms with E-state index in [0.29, 0.717) is 32.1 Å². The fourth-order valence-electron chi connectivity index (χ4n) is 3.52. The molecule has 0 radical (unpaired) electrons. The molecule has 8 heteroatoms. The lowest BCUT2D eigenvalue weighted by Gasteiger charge is -2.26. The third-order valence-corrected chi connectivity index (χ3v) is 5.92. The maximum Gasteiger partial charge on any atom is 0.233 e. The van der Waals surface area contributed by atoms with Gasteiger partial charge in [-0.05, 0) is 26.0 Å². The van der Waals surface area contributed by atoms with E-state index in [4.69, 9.17) is 19.6 Å². The minimum absolute atomic E-state index is 0.120. The molecule has 1 saturated heterocycles. The first-order chi connectivity index (χ1) is 14.1. The van der Waals surface area contributed by atoms with Crippen molar-refractivity contribution in [3.63, 3.8) is 0 Å². The molecule has 1 fully saturated rings. The minimum atomic E-state index is 0.120. The van der Waals surface area contributed by atoms with Gasteiger partial charge in [0.1, 0.15) is 10.8 Å². The zero-order valence-electron chi connectivity index (χ0n) is 16.8. The number of morpholine rings is 1. The van der Waals surface area contributed by atoms with Crippen LogP contribution >= 0.6 is 11.8 Å². The van der Waals surface area contributed by atoms with E-state index in [2.05, 4.69) is 0 Å². The summed E-state index contributed by atoms with van der Waals surface area (Å²) in [6.45, 7) is 6.46. The average molecular weight is 413 g/mol. The Labute approximate surface area is 174 Å². The Hall–Kier alpha value is -2.58. The van der Waals surface area contributed by atoms with E-state index in [1.165, 1.54) is 11.8 Å². The number of carbonyl (C=O) groups is 1. The molecule has 0 bridgehead atoms. The third-order valence-electron chi connectivity index (χ3n) is 4.94. The normalized spacial score (nSPS) is 14.4. The number of amides is 1. The van der Waals surface area contributed by atoms with Crippen LogP contribution in [0.3, 0.4) is 0 Å². The van der Waals surface area contributed by atoms with E-state index < -0.39 is 0 Å². The summed E-state index contributed by atoms with van der Waals surface area (Å²) in [5.74, 6) is 1.27. The van der Waals surface area contributed by atoms with E-state index in [-0.39, 0.29) is 5.91 Å². The maximum absolute atomic E-state index is 12.6. The van der Waals surface area contributed by atoms with Crippen LogP contribution in [0.2, 0.25) is 0 Å². The molecule has 2 aromatic heterocycles. The van der Waals surface area contributed by atoms with E-state index in [0.717, 1.165) is 38.9 Å². The number of hydrogen-bond donors (Lipinski definition) is 0. The first-order valence-electron chi connectivity index (χ1n) is 9.57. The number of aryl methyl sites for hydroxylation is 2. The summed E-state index contributed by atoms with van der Waals surface area (Å²) < 4.78 is 12.7. The van der Waals surface area contributed by atoms with E-state index in [1.807, 2.05) is 53.6 Å². The molecule has 7 nitrogen and oxygen atoms in total. The number of benzene rings is 1. The molecule has 3 aromatic rings. The van der Waals surface area contributed by atoms with Crippen molar-refractivity contribution < 1.29 is 14.3 Å². The molecule has 1 aliphatic heterocycles. The fraction of sp³-hybridized carbons (Fsp3) is 0.381. The summed E-state index contributed by atoms with van der Waals surface area (Å²) >= 11 is 1.49. The van der Waals surface area contributed by atoms with Crippen LogP contribution < -0.4 is 4.74 Å². The van der Waals surface area contributed by atoms with Crippen molar-refractivity contribution in [1.29, 1.82) is 0 Å². The summed E-state index contributed by atoms with van der Waals surface area (Å²) in [4.78, 5) is 19.2. The molecule has 29 heavy (non-hydrogen) atoms. The second-order valence-electron chi connectivity index (χ2n) is 6.91. The molecular weight excluding hydrogens is 388 g/mol. The Balaban J connectivity index is 1.68. The minimum Gasteiger partial charge on any atom is -0.496 e. The van der Waals surface area contributed by atoms with Gasteiger partial charge in [-0.25, -0.2) is 9.50 Å². The number of hydrogen-bond acceptors (Lipinski definition) is 6. The zero-order chi connectivity index (χ0) is 20.4. The van der Waals surface area contributed by atoms with Gasteiger partial charge in [0.05, 0.1) is 37.3 Å². The highest BCUT2D eigenvalue weighted by atomic mass is 32.2. The number of para-hydroxylation sites is 1. The van der Waals surface area contributed by atoms with Crippen molar-refractivity contribution in [3.8, 4) is 16.9 Å². The largest absolute Gasteiger partial charge is 0.496 e. The van der Waals surface area contributed by atoms with Crippen molar-refractivity contribution in [2.24, 2.45) is 0 Å². The van der Waals surface area contributed by atoms with Crippen LogP contribution in [0.4, 0.5) is 0 Å². The van der Waals surface area contributed by atoms with Crippen molar-refractivity contribution >= 4 is 23.3 Å². The molecule has 152 valence electrons. The van der Waals surface area contributed by atoms with Crippen molar-refractivity contribution in [3.05, 3.63) is 41.7 Å². The first-order valence-corrected chi connectivity index (χ1v) is 10.6. The Bertz CT molecular complexity index is 1040. The molecule has 0 aliphatic carbocycles. The summed E-state index contributed by atoms with van der Waals surface area (Å²) in [5.41, 5.74) is 4.44. The molecule has 1 aromatic carbocycles. The maximum atomic E-state index is 12.6. The number of rotatable bonds is 5. The second-order valence-corrected chi connectivity index (χ2v) is 7.91. The number of aromatic nitrogens is 3. The highest BCUT2D eigenvalue weighted by molar-refractivity contribution is 7.99. The number of ether oxygens (including phenoxy) is 2. The van der Waals surface area contributed by atoms with Crippen LogP contribution in [0, 0.1) is 13.8 Å². The standard InChI is InChI=1S/C21H24N4O3S/c1-14-12-19(29-13-18(26)24-8-10-28-11-9-24)25-21(22-14)20(15(2)23-25)16-6-4-5-7-17(16)27-3/h4-7,12H,8-11,13H2,1-3H3. The van der Waals surface area contributed by atoms with E-state index in [1.54, 1.807) is 7.11 Å². The van der Waals surface area contributed by atoms with Crippen LogP contribution in [0.1, 0.15) is 11.4 Å². The molecule has 4 rings (SSSR count). The molecule has 1 aliphatic rings. The molecule has 0 saturated carbocycles. The number of fused-ring (bicyclic) bond motifs is 1. The molecule has 1 amide bonds. The van der Waals surface area contributed by atoms with Crippen molar-refractivity contribution in [2.45, 2.75) is 18.9 Å². The predicted molar refractivity (Wildman–Crippen MR) is 113 cm³/mol. The van der Waals surface area contributed by atoms with Gasteiger partial charge in [-0.15, -0.1) is 0 Å². The molecule has 3 heterocycles. The summed E-state index contributed by atoms with van der Waals surface area (Å²) in [6.07, 6.45) is 0. The number of carbonyl (C=O) groups excluding carboxylic acids is 1. The Morgan fingerprint density at radius 1 is 1.24 bits per heavy atom. The van der Waals surface area contributed by atoms with Crippen molar-refractivity contribution in [2.75, 3.05) is 39.2 Å². The Morgan fingerprint density at radius 2 is 2.00 bits per heavy atom. The number of nitrogens with zero attached hydrogens (tertiary/aromatic N) is 4. The van der Waals surface area contributed by atoms with Gasteiger partial charge in [-0.3, -0.25) is 4.79 Å². The van der Waals surface area contributed by atoms with Gasteiger partial charge >= 0.3 is 0 Å². The highest BCUT2D eigenvalue weighted by Gasteiger charge is 2.21. The first kappa shape index (κ1) is 19.7. The quantitative estimate of drug-likeness (QED) is 0.474. The molecule has 0 atom stereocenters. The second kappa shape index (κ2) is 8.42. The topological polar surface area (TPSA) is 69.0 Å². The lowest BCUT2D eigenvalue weighted by atomic mass is 10.1. The predicted octanol–water partition coefficient (Wildman–Crippen LogP) is 2.97. The van der Waals surface area contributed by atoms with Gasteiger partial charge < -0.3 is 14.4 Å². The van der Waals surface area contributed by atoms with Crippen LogP contribution in [-0.2, 0) is 9.53 Å². The lowest BCUT2D eigenvalue weighted by molar-refractivity contribution is -0.132. The average Bonchev–Trinajstić information content (AvgIpc) is 3.07. The highest BCUT2D eigenvalue weighted by Crippen LogP contribution is 2.35. The van der Waals surface area contributed by atoms with Gasteiger partial charge in [-0.1, -0.05) is 30.0 Å². The molecule has 0 spiro atoms. The monoisotopic (exact) mass is 412 g/mol. The van der Waals surface area contributed by atoms with Crippen LogP contribution in [0.5, 0.6) is 5.75 Å². The summed E-state index contributed by atoms with van der Waals surface area (Å²) in [6, 6.07) is 9.85. The summed E-state index contributed by atoms with van der Waals surface area (Å²) in [7, 11) is 1.66. The van der Waals surface area contributed by atoms with Gasteiger partial charge in [-0.2, -0.15) is 5.10 Å². The number of methoxy groups -OCH3 is 1. The van der Waals surface area contributed by atoms with Gasteiger partial charge in [0.2, 0.25) is 5.91 Å². The molecule has 0 N–H and O–H groups in total. The Morgan fingerprint density at radius 3 is 2.76 bits per heavy atom. The summed E-state index contributed by atoms with van der Waals surface area (Å²) in [5, 5.41) is 5.63. The fourth-order valence-corrected chi connectivity index (χ4v) is 4.48. The van der Waals surface area contributed by atoms with E-state index >= 15 is 0 Å². The van der Waals surface area contributed by atoms with Gasteiger partial charge in [0.15, 0.2) is 5.65 Å². The lowest BCUT2D eigenvalue weighted by Crippen LogP contribution is -2.41. The van der Waals surface area contributed by atoms with Gasteiger partial charge in [0, 0.05) is 24.3 Å². The van der Waals surface area contributed by atoms with Gasteiger partial charge in [0.25, 0.3) is 0 Å². The molecular formula is C21H24N4O3S. The van der Waals surface area contributed by atoms with Crippen LogP contribution in [-0.4, -0.2) is 64.6 Å².